The summed E-state index contributed by atoms with van der Waals surface area (Å²) in [6, 6.07) is 21.5. The molecule has 1 aliphatic heterocycles. The maximum absolute atomic E-state index is 12.8. The van der Waals surface area contributed by atoms with E-state index in [1.54, 1.807) is 6.20 Å². The van der Waals surface area contributed by atoms with E-state index in [2.05, 4.69) is 50.0 Å². The summed E-state index contributed by atoms with van der Waals surface area (Å²) in [5.41, 5.74) is 6.42. The third kappa shape index (κ3) is 5.39. The van der Waals surface area contributed by atoms with E-state index in [1.165, 1.54) is 22.5 Å². The summed E-state index contributed by atoms with van der Waals surface area (Å²) in [7, 11) is 0. The fourth-order valence-corrected chi connectivity index (χ4v) is 5.32. The summed E-state index contributed by atoms with van der Waals surface area (Å²) < 4.78 is 2.32. The van der Waals surface area contributed by atoms with E-state index in [0.29, 0.717) is 18.1 Å². The highest BCUT2D eigenvalue weighted by molar-refractivity contribution is 7.80. The summed E-state index contributed by atoms with van der Waals surface area (Å²) in [4.78, 5) is 23.7. The maximum atomic E-state index is 12.8. The molecule has 2 N–H and O–H groups in total. The normalized spacial score (nSPS) is 17.0. The van der Waals surface area contributed by atoms with E-state index in [0.717, 1.165) is 17.9 Å². The number of hydrogen-bond acceptors (Lipinski definition) is 4. The van der Waals surface area contributed by atoms with Gasteiger partial charge in [-0.3, -0.25) is 14.8 Å². The Morgan fingerprint density at radius 1 is 1.03 bits per heavy atom. The Morgan fingerprint density at radius 3 is 2.51 bits per heavy atom. The van der Waals surface area contributed by atoms with Crippen molar-refractivity contribution in [3.63, 3.8) is 0 Å². The van der Waals surface area contributed by atoms with Gasteiger partial charge in [0.25, 0.3) is 0 Å². The minimum absolute atomic E-state index is 0.0443. The highest BCUT2D eigenvalue weighted by Crippen LogP contribution is 2.41. The number of amides is 1. The Hall–Kier alpha value is -4.04. The molecule has 1 aromatic carbocycles. The number of thiocarbonyl (C=S) groups is 1. The zero-order valence-electron chi connectivity index (χ0n) is 21.0. The number of rotatable bonds is 8. The van der Waals surface area contributed by atoms with Crippen molar-refractivity contribution >= 4 is 28.9 Å². The molecule has 2 atom stereocenters. The van der Waals surface area contributed by atoms with E-state index in [-0.39, 0.29) is 18.0 Å². The van der Waals surface area contributed by atoms with Crippen molar-refractivity contribution in [3.8, 4) is 0 Å². The topological polar surface area (TPSA) is 75.1 Å². The number of aryl methyl sites for hydroxylation is 1. The first-order valence-corrected chi connectivity index (χ1v) is 12.8. The number of aromatic nitrogens is 3. The fraction of sp³-hybridized carbons (Fsp3) is 0.241. The smallest absolute Gasteiger partial charge is 0.226 e. The number of hydrogen-bond donors (Lipinski definition) is 2. The van der Waals surface area contributed by atoms with Crippen molar-refractivity contribution in [2.45, 2.75) is 38.9 Å². The first-order valence-electron chi connectivity index (χ1n) is 12.4. The summed E-state index contributed by atoms with van der Waals surface area (Å²) in [6.45, 7) is 5.54. The maximum Gasteiger partial charge on any atom is 0.226 e. The summed E-state index contributed by atoms with van der Waals surface area (Å²) in [5.74, 6) is -0.0443. The molecular formula is C29H30N6OS. The average Bonchev–Trinajstić information content (AvgIpc) is 3.39. The molecule has 4 heterocycles. The molecule has 1 amide bonds. The second kappa shape index (κ2) is 10.9. The Kier molecular flexibility index (Phi) is 7.28. The minimum Gasteiger partial charge on any atom is -0.352 e. The Morgan fingerprint density at radius 2 is 1.78 bits per heavy atom. The number of carbonyl (C=O) groups excluding carboxylic acids is 1. The van der Waals surface area contributed by atoms with E-state index >= 15 is 0 Å². The van der Waals surface area contributed by atoms with Crippen LogP contribution in [-0.4, -0.2) is 37.0 Å². The molecule has 8 heteroatoms. The van der Waals surface area contributed by atoms with Crippen molar-refractivity contribution in [2.75, 3.05) is 11.9 Å². The van der Waals surface area contributed by atoms with Gasteiger partial charge < -0.3 is 20.1 Å². The fourth-order valence-electron chi connectivity index (χ4n) is 4.99. The summed E-state index contributed by atoms with van der Waals surface area (Å²) in [5, 5.41) is 7.10. The lowest BCUT2D eigenvalue weighted by atomic mass is 9.96. The Bertz CT molecular complexity index is 1370. The van der Waals surface area contributed by atoms with Crippen molar-refractivity contribution in [3.05, 3.63) is 114 Å². The van der Waals surface area contributed by atoms with Crippen molar-refractivity contribution in [2.24, 2.45) is 0 Å². The molecule has 0 aliphatic carbocycles. The number of anilines is 1. The second-order valence-corrected chi connectivity index (χ2v) is 9.64. The lowest BCUT2D eigenvalue weighted by Gasteiger charge is -2.28. The number of carbonyl (C=O) groups is 1. The molecule has 188 valence electrons. The molecule has 0 saturated carbocycles. The number of nitrogens with one attached hydrogen (secondary N) is 2. The molecule has 7 nitrogen and oxygen atoms in total. The van der Waals surface area contributed by atoms with Gasteiger partial charge in [-0.15, -0.1) is 0 Å². The van der Waals surface area contributed by atoms with Crippen LogP contribution in [0, 0.1) is 13.8 Å². The zero-order valence-corrected chi connectivity index (χ0v) is 21.8. The van der Waals surface area contributed by atoms with Gasteiger partial charge in [-0.2, -0.15) is 0 Å². The van der Waals surface area contributed by atoms with Crippen LogP contribution in [0.15, 0.2) is 85.3 Å². The van der Waals surface area contributed by atoms with Gasteiger partial charge in [-0.25, -0.2) is 0 Å². The molecule has 3 aromatic heterocycles. The molecule has 1 aliphatic rings. The molecule has 5 rings (SSSR count). The van der Waals surface area contributed by atoms with Crippen LogP contribution in [0.4, 0.5) is 5.69 Å². The van der Waals surface area contributed by atoms with Crippen LogP contribution in [0.5, 0.6) is 0 Å². The lowest BCUT2D eigenvalue weighted by Crippen LogP contribution is -2.32. The predicted octanol–water partition coefficient (Wildman–Crippen LogP) is 4.94. The standard InChI is InChI=1S/C29H30N6OS/c1-20-18-24(21(2)35(20)19-22-11-15-30-16-12-22)28-27(25-10-6-7-14-31-25)33-29(37)34(28)17-13-26(36)32-23-8-4-3-5-9-23/h3-12,14-16,18,27-28H,13,17,19H2,1-2H3,(H,32,36)(H,33,37)/t27-,28+/m1/s1. The number of pyridine rings is 2. The minimum atomic E-state index is -0.124. The number of benzene rings is 1. The van der Waals surface area contributed by atoms with Crippen LogP contribution in [0.25, 0.3) is 0 Å². The van der Waals surface area contributed by atoms with E-state index in [4.69, 9.17) is 12.2 Å². The highest BCUT2D eigenvalue weighted by atomic mass is 32.1. The van der Waals surface area contributed by atoms with Gasteiger partial charge in [0.2, 0.25) is 5.91 Å². The second-order valence-electron chi connectivity index (χ2n) is 9.25. The summed E-state index contributed by atoms with van der Waals surface area (Å²) >= 11 is 5.81. The Balaban J connectivity index is 1.44. The van der Waals surface area contributed by atoms with E-state index in [9.17, 15) is 4.79 Å². The average molecular weight is 511 g/mol. The third-order valence-corrected chi connectivity index (χ3v) is 7.21. The van der Waals surface area contributed by atoms with Gasteiger partial charge in [-0.05, 0) is 79.7 Å². The first kappa shape index (κ1) is 24.6. The van der Waals surface area contributed by atoms with Crippen molar-refractivity contribution in [1.29, 1.82) is 0 Å². The van der Waals surface area contributed by atoms with Gasteiger partial charge >= 0.3 is 0 Å². The lowest BCUT2D eigenvalue weighted by molar-refractivity contribution is -0.116. The number of para-hydroxylation sites is 1. The van der Waals surface area contributed by atoms with Crippen LogP contribution < -0.4 is 10.6 Å². The molecule has 1 fully saturated rings. The van der Waals surface area contributed by atoms with Gasteiger partial charge in [0.1, 0.15) is 0 Å². The van der Waals surface area contributed by atoms with E-state index < -0.39 is 0 Å². The SMILES string of the molecule is Cc1cc([C@H]2[C@@H](c3ccccn3)NC(=S)N2CCC(=O)Nc2ccccc2)c(C)n1Cc1ccncc1. The molecule has 0 unspecified atom stereocenters. The highest BCUT2D eigenvalue weighted by Gasteiger charge is 2.41. The molecular weight excluding hydrogens is 480 g/mol. The van der Waals surface area contributed by atoms with Crippen molar-refractivity contribution < 1.29 is 4.79 Å². The van der Waals surface area contributed by atoms with Gasteiger partial charge in [-0.1, -0.05) is 24.3 Å². The first-order chi connectivity index (χ1) is 18.0. The third-order valence-electron chi connectivity index (χ3n) is 6.86. The largest absolute Gasteiger partial charge is 0.352 e. The van der Waals surface area contributed by atoms with Crippen molar-refractivity contribution in [1.82, 2.24) is 24.8 Å². The van der Waals surface area contributed by atoms with Crippen LogP contribution in [-0.2, 0) is 11.3 Å². The van der Waals surface area contributed by atoms with Crippen LogP contribution in [0.1, 0.15) is 46.7 Å². The van der Waals surface area contributed by atoms with Gasteiger partial charge in [0.15, 0.2) is 5.11 Å². The molecule has 1 saturated heterocycles. The Labute approximate surface area is 222 Å². The van der Waals surface area contributed by atoms with Gasteiger partial charge in [0, 0.05) is 55.2 Å². The van der Waals surface area contributed by atoms with Crippen LogP contribution >= 0.6 is 12.2 Å². The van der Waals surface area contributed by atoms with Crippen LogP contribution in [0.3, 0.4) is 0 Å². The quantitative estimate of drug-likeness (QED) is 0.327. The monoisotopic (exact) mass is 510 g/mol. The van der Waals surface area contributed by atoms with Crippen LogP contribution in [0.2, 0.25) is 0 Å². The van der Waals surface area contributed by atoms with Gasteiger partial charge in [0.05, 0.1) is 17.8 Å². The zero-order chi connectivity index (χ0) is 25.8. The molecule has 37 heavy (non-hydrogen) atoms. The molecule has 4 aromatic rings. The molecule has 0 spiro atoms. The molecule has 0 radical (unpaired) electrons. The van der Waals surface area contributed by atoms with E-state index in [1.807, 2.05) is 73.1 Å². The molecule has 0 bridgehead atoms. The predicted molar refractivity (Wildman–Crippen MR) is 149 cm³/mol. The number of nitrogens with zero attached hydrogens (tertiary/aromatic N) is 4. The summed E-state index contributed by atoms with van der Waals surface area (Å²) in [6.07, 6.45) is 5.77.